The van der Waals surface area contributed by atoms with Crippen molar-refractivity contribution in [2.75, 3.05) is 6.54 Å². The summed E-state index contributed by atoms with van der Waals surface area (Å²) in [5.74, 6) is -2.84. The number of H-pyrrole nitrogens is 1. The molecule has 0 bridgehead atoms. The highest BCUT2D eigenvalue weighted by molar-refractivity contribution is 6.38. The minimum absolute atomic E-state index is 0.0120. The summed E-state index contributed by atoms with van der Waals surface area (Å²) in [5.41, 5.74) is 0. The minimum Gasteiger partial charge on any atom is -0.344 e. The molecule has 1 saturated heterocycles. The average Bonchev–Trinajstić information content (AvgIpc) is 3.49. The van der Waals surface area contributed by atoms with Crippen molar-refractivity contribution < 1.29 is 28.8 Å². The fourth-order valence-electron chi connectivity index (χ4n) is 7.59. The Balaban J connectivity index is 1.50. The fraction of sp³-hybridized carbons (Fsp3) is 0.750. The monoisotopic (exact) mass is 638 g/mol. The normalized spacial score (nSPS) is 22.3. The number of hydrogen-bond donors (Lipinski definition) is 2. The van der Waals surface area contributed by atoms with E-state index in [1.165, 1.54) is 6.20 Å². The number of aromatic nitrogens is 2. The molecule has 2 N–H and O–H groups in total. The van der Waals surface area contributed by atoms with Gasteiger partial charge in [0.15, 0.2) is 23.2 Å². The van der Waals surface area contributed by atoms with Crippen molar-refractivity contribution in [3.05, 3.63) is 18.2 Å². The summed E-state index contributed by atoms with van der Waals surface area (Å²) in [7, 11) is 0. The molecule has 0 radical (unpaired) electrons. The van der Waals surface area contributed by atoms with Gasteiger partial charge in [0.05, 0.1) is 6.04 Å². The number of imidazole rings is 1. The van der Waals surface area contributed by atoms with Crippen molar-refractivity contribution in [2.24, 2.45) is 35.5 Å². The molecular formula is C36H54N4O6. The molecule has 2 aliphatic carbocycles. The van der Waals surface area contributed by atoms with E-state index in [9.17, 15) is 28.8 Å². The van der Waals surface area contributed by atoms with E-state index in [0.717, 1.165) is 44.9 Å². The Bertz CT molecular complexity index is 1230. The zero-order valence-electron chi connectivity index (χ0n) is 28.2. The SMILES string of the molecule is CCCC(CC(=O)[C@@H]1[C@@H](CC)CCN1C(=O)[C@@H](NC(=O)[C@@H](CC(=O)c1ncc[nH]1)C1CCCCC1)C(C)C)C(=O)C(=O)CC1CC1. The van der Waals surface area contributed by atoms with E-state index < -0.39 is 29.7 Å². The van der Waals surface area contributed by atoms with Crippen molar-refractivity contribution >= 4 is 34.9 Å². The number of hydrogen-bond acceptors (Lipinski definition) is 7. The molecule has 10 nitrogen and oxygen atoms in total. The maximum absolute atomic E-state index is 14.2. The van der Waals surface area contributed by atoms with E-state index in [1.807, 2.05) is 27.7 Å². The van der Waals surface area contributed by atoms with Gasteiger partial charge in [0.1, 0.15) is 6.04 Å². The quantitative estimate of drug-likeness (QED) is 0.165. The Morgan fingerprint density at radius 1 is 0.978 bits per heavy atom. The summed E-state index contributed by atoms with van der Waals surface area (Å²) in [6.45, 7) is 8.08. The van der Waals surface area contributed by atoms with Gasteiger partial charge in [-0.05, 0) is 62.2 Å². The van der Waals surface area contributed by atoms with Crippen LogP contribution in [0, 0.1) is 35.5 Å². The molecule has 5 atom stereocenters. The summed E-state index contributed by atoms with van der Waals surface area (Å²) in [5, 5.41) is 3.03. The number of carbonyl (C=O) groups excluding carboxylic acids is 6. The number of carbonyl (C=O) groups is 6. The first-order valence-corrected chi connectivity index (χ1v) is 17.8. The molecule has 1 aromatic rings. The predicted octanol–water partition coefficient (Wildman–Crippen LogP) is 5.26. The Kier molecular flexibility index (Phi) is 12.9. The molecule has 0 spiro atoms. The first kappa shape index (κ1) is 35.7. The molecule has 4 rings (SSSR count). The molecule has 2 amide bonds. The third-order valence-electron chi connectivity index (χ3n) is 10.5. The largest absolute Gasteiger partial charge is 0.344 e. The molecule has 2 saturated carbocycles. The number of rotatable bonds is 18. The molecule has 3 aliphatic rings. The minimum atomic E-state index is -0.864. The standard InChI is InChI=1S/C36H54N4O6/c1-5-10-26(33(44)29(42)19-23-13-14-23)20-28(41)32-24(6-2)15-18-40(32)36(46)31(22(3)4)39-35(45)27(25-11-8-7-9-12-25)21-30(43)34-37-16-17-38-34/h16-17,22-27,31-32H,5-15,18-21H2,1-4H3,(H,37,38)(H,39,45)/t24-,26?,27-,31-,32-/m0/s1. The second-order valence-corrected chi connectivity index (χ2v) is 14.3. The van der Waals surface area contributed by atoms with Gasteiger partial charge in [0, 0.05) is 50.0 Å². The molecule has 254 valence electrons. The van der Waals surface area contributed by atoms with Crippen LogP contribution in [-0.2, 0) is 24.0 Å². The lowest BCUT2D eigenvalue weighted by Crippen LogP contribution is -2.56. The number of amides is 2. The van der Waals surface area contributed by atoms with Gasteiger partial charge >= 0.3 is 0 Å². The maximum Gasteiger partial charge on any atom is 0.246 e. The van der Waals surface area contributed by atoms with E-state index in [2.05, 4.69) is 15.3 Å². The van der Waals surface area contributed by atoms with E-state index in [4.69, 9.17) is 0 Å². The summed E-state index contributed by atoms with van der Waals surface area (Å²) < 4.78 is 0. The second-order valence-electron chi connectivity index (χ2n) is 14.3. The van der Waals surface area contributed by atoms with E-state index in [0.29, 0.717) is 38.1 Å². The zero-order chi connectivity index (χ0) is 33.4. The smallest absolute Gasteiger partial charge is 0.246 e. The Labute approximate surface area is 273 Å². The lowest BCUT2D eigenvalue weighted by Gasteiger charge is -2.34. The molecule has 1 aromatic heterocycles. The molecule has 46 heavy (non-hydrogen) atoms. The number of nitrogens with one attached hydrogen (secondary N) is 2. The average molecular weight is 639 g/mol. The topological polar surface area (TPSA) is 146 Å². The third kappa shape index (κ3) is 9.00. The van der Waals surface area contributed by atoms with Gasteiger partial charge in [-0.1, -0.05) is 59.8 Å². The predicted molar refractivity (Wildman–Crippen MR) is 174 cm³/mol. The number of likely N-dealkylation sites (tertiary alicyclic amines) is 1. The number of Topliss-reactive ketones (excluding diaryl/α,β-unsaturated/α-hetero) is 4. The highest BCUT2D eigenvalue weighted by Gasteiger charge is 2.45. The van der Waals surface area contributed by atoms with E-state index in [1.54, 1.807) is 11.1 Å². The molecular weight excluding hydrogens is 584 g/mol. The van der Waals surface area contributed by atoms with Crippen LogP contribution in [0.15, 0.2) is 12.4 Å². The van der Waals surface area contributed by atoms with Gasteiger partial charge in [-0.2, -0.15) is 0 Å². The van der Waals surface area contributed by atoms with E-state index >= 15 is 0 Å². The van der Waals surface area contributed by atoms with Crippen molar-refractivity contribution in [2.45, 2.75) is 130 Å². The van der Waals surface area contributed by atoms with Crippen LogP contribution in [0.2, 0.25) is 0 Å². The van der Waals surface area contributed by atoms with Gasteiger partial charge in [-0.3, -0.25) is 28.8 Å². The highest BCUT2D eigenvalue weighted by atomic mass is 16.2. The van der Waals surface area contributed by atoms with Crippen LogP contribution in [0.4, 0.5) is 0 Å². The summed E-state index contributed by atoms with van der Waals surface area (Å²) in [6, 6.07) is -1.56. The summed E-state index contributed by atoms with van der Waals surface area (Å²) in [6.07, 6.45) is 12.6. The Morgan fingerprint density at radius 3 is 2.28 bits per heavy atom. The number of nitrogens with zero attached hydrogens (tertiary/aromatic N) is 2. The Morgan fingerprint density at radius 2 is 1.70 bits per heavy atom. The van der Waals surface area contributed by atoms with Crippen molar-refractivity contribution in [3.63, 3.8) is 0 Å². The first-order chi connectivity index (χ1) is 22.0. The first-order valence-electron chi connectivity index (χ1n) is 17.8. The van der Waals surface area contributed by atoms with Crippen molar-refractivity contribution in [1.29, 1.82) is 0 Å². The second kappa shape index (κ2) is 16.6. The van der Waals surface area contributed by atoms with E-state index in [-0.39, 0.29) is 72.0 Å². The molecule has 2 heterocycles. The maximum atomic E-state index is 14.2. The summed E-state index contributed by atoms with van der Waals surface area (Å²) in [4.78, 5) is 89.6. The zero-order valence-corrected chi connectivity index (χ0v) is 28.2. The van der Waals surface area contributed by atoms with Crippen LogP contribution < -0.4 is 5.32 Å². The number of aromatic amines is 1. The summed E-state index contributed by atoms with van der Waals surface area (Å²) >= 11 is 0. The molecule has 10 heteroatoms. The van der Waals surface area contributed by atoms with Crippen LogP contribution >= 0.6 is 0 Å². The van der Waals surface area contributed by atoms with Crippen LogP contribution in [0.3, 0.4) is 0 Å². The lowest BCUT2D eigenvalue weighted by molar-refractivity contribution is -0.144. The van der Waals surface area contributed by atoms with Crippen LogP contribution in [0.1, 0.15) is 128 Å². The highest BCUT2D eigenvalue weighted by Crippen LogP contribution is 2.35. The Hall–Kier alpha value is -3.17. The third-order valence-corrected chi connectivity index (χ3v) is 10.5. The van der Waals surface area contributed by atoms with Crippen LogP contribution in [0.5, 0.6) is 0 Å². The van der Waals surface area contributed by atoms with Gasteiger partial charge in [-0.15, -0.1) is 0 Å². The van der Waals surface area contributed by atoms with Gasteiger partial charge in [0.25, 0.3) is 0 Å². The fourth-order valence-corrected chi connectivity index (χ4v) is 7.59. The van der Waals surface area contributed by atoms with Gasteiger partial charge in [-0.25, -0.2) is 4.98 Å². The van der Waals surface area contributed by atoms with Gasteiger partial charge < -0.3 is 15.2 Å². The molecule has 1 aliphatic heterocycles. The van der Waals surface area contributed by atoms with Crippen LogP contribution in [-0.4, -0.2) is 68.4 Å². The van der Waals surface area contributed by atoms with Crippen LogP contribution in [0.25, 0.3) is 0 Å². The number of ketones is 4. The molecule has 3 fully saturated rings. The van der Waals surface area contributed by atoms with Gasteiger partial charge in [0.2, 0.25) is 17.6 Å². The molecule has 1 unspecified atom stereocenters. The van der Waals surface area contributed by atoms with Crippen molar-refractivity contribution in [3.8, 4) is 0 Å². The lowest BCUT2D eigenvalue weighted by atomic mass is 9.77. The molecule has 0 aromatic carbocycles. The van der Waals surface area contributed by atoms with Crippen molar-refractivity contribution in [1.82, 2.24) is 20.2 Å².